The van der Waals surface area contributed by atoms with Crippen LogP contribution in [-0.2, 0) is 35.5 Å². The lowest BCUT2D eigenvalue weighted by Gasteiger charge is -2.11. The van der Waals surface area contributed by atoms with Crippen molar-refractivity contribution in [1.82, 2.24) is 4.98 Å². The third-order valence-corrected chi connectivity index (χ3v) is 7.88. The number of aliphatic hydroxyl groups is 1. The molecule has 1 fully saturated rings. The van der Waals surface area contributed by atoms with Gasteiger partial charge in [0.2, 0.25) is 0 Å². The molecule has 0 bridgehead atoms. The fourth-order valence-electron chi connectivity index (χ4n) is 3.43. The van der Waals surface area contributed by atoms with Crippen molar-refractivity contribution in [3.05, 3.63) is 40.9 Å². The van der Waals surface area contributed by atoms with Gasteiger partial charge in [-0.2, -0.15) is 0 Å². The number of aromatic nitrogens is 1. The number of nitrogens with zero attached hydrogens (tertiary/aromatic N) is 2. The number of amides is 1. The summed E-state index contributed by atoms with van der Waals surface area (Å²) in [4.78, 5) is 23.8. The van der Waals surface area contributed by atoms with E-state index in [1.54, 1.807) is 13.3 Å². The minimum atomic E-state index is -3.48. The SMILES string of the molecule is COCCCS(=O)(=O)c1ccc(C(=NO[C@@H]2CC[C@@H](O)C2)C(=O)Nc2ncc(COC)s2)cc1. The number of anilines is 1. The molecule has 34 heavy (non-hydrogen) atoms. The Kier molecular flexibility index (Phi) is 9.54. The molecular weight excluding hydrogens is 482 g/mol. The third-order valence-electron chi connectivity index (χ3n) is 5.17. The van der Waals surface area contributed by atoms with Crippen LogP contribution in [0, 0.1) is 0 Å². The predicted octanol–water partition coefficient (Wildman–Crippen LogP) is 2.37. The molecule has 3 rings (SSSR count). The Morgan fingerprint density at radius 3 is 2.65 bits per heavy atom. The van der Waals surface area contributed by atoms with Crippen LogP contribution in [0.2, 0.25) is 0 Å². The fraction of sp³-hybridized carbons (Fsp3) is 0.500. The summed E-state index contributed by atoms with van der Waals surface area (Å²) in [6, 6.07) is 5.93. The average Bonchev–Trinajstić information content (AvgIpc) is 3.43. The van der Waals surface area contributed by atoms with Gasteiger partial charge in [-0.15, -0.1) is 0 Å². The molecule has 10 nitrogen and oxygen atoms in total. The lowest BCUT2D eigenvalue weighted by atomic mass is 10.1. The molecule has 12 heteroatoms. The molecule has 1 heterocycles. The second-order valence-corrected chi connectivity index (χ2v) is 11.1. The van der Waals surface area contributed by atoms with Crippen LogP contribution < -0.4 is 5.32 Å². The smallest absolute Gasteiger partial charge is 0.280 e. The van der Waals surface area contributed by atoms with E-state index < -0.39 is 21.8 Å². The summed E-state index contributed by atoms with van der Waals surface area (Å²) >= 11 is 1.27. The van der Waals surface area contributed by atoms with Gasteiger partial charge in [0.05, 0.1) is 28.2 Å². The van der Waals surface area contributed by atoms with Crippen molar-refractivity contribution < 1.29 is 32.6 Å². The van der Waals surface area contributed by atoms with E-state index >= 15 is 0 Å². The number of hydrogen-bond donors (Lipinski definition) is 2. The van der Waals surface area contributed by atoms with E-state index in [1.165, 1.54) is 42.7 Å². The van der Waals surface area contributed by atoms with Crippen LogP contribution in [0.15, 0.2) is 40.5 Å². The molecular formula is C22H29N3O7S2. The van der Waals surface area contributed by atoms with Crippen LogP contribution in [0.4, 0.5) is 5.13 Å². The summed E-state index contributed by atoms with van der Waals surface area (Å²) in [5.74, 6) is -0.588. The molecule has 2 atom stereocenters. The molecule has 0 radical (unpaired) electrons. The molecule has 1 saturated carbocycles. The van der Waals surface area contributed by atoms with E-state index in [0.29, 0.717) is 49.6 Å². The first-order chi connectivity index (χ1) is 16.3. The fourth-order valence-corrected chi connectivity index (χ4v) is 5.49. The van der Waals surface area contributed by atoms with Crippen LogP contribution in [0.25, 0.3) is 0 Å². The molecule has 2 N–H and O–H groups in total. The highest BCUT2D eigenvalue weighted by atomic mass is 32.2. The maximum atomic E-state index is 13.0. The van der Waals surface area contributed by atoms with Gasteiger partial charge in [0.25, 0.3) is 5.91 Å². The molecule has 1 aromatic carbocycles. The third kappa shape index (κ3) is 7.31. The standard InChI is InChI=1S/C22H29N3O7S2/c1-30-10-3-11-34(28,29)19-8-4-15(5-9-19)20(25-32-17-7-6-16(26)12-17)21(27)24-22-23-13-18(33-22)14-31-2/h4-5,8-9,13,16-17,26H,3,6-7,10-12,14H2,1-2H3,(H,23,24,27)/t16-,17-/m1/s1. The first-order valence-electron chi connectivity index (χ1n) is 10.8. The number of methoxy groups -OCH3 is 2. The van der Waals surface area contributed by atoms with Crippen molar-refractivity contribution in [3.63, 3.8) is 0 Å². The quantitative estimate of drug-likeness (QED) is 0.252. The zero-order valence-corrected chi connectivity index (χ0v) is 20.7. The molecule has 2 aromatic rings. The Hall–Kier alpha value is -2.38. The normalized spacial score (nSPS) is 18.7. The monoisotopic (exact) mass is 511 g/mol. The maximum absolute atomic E-state index is 13.0. The zero-order chi connectivity index (χ0) is 24.6. The van der Waals surface area contributed by atoms with Gasteiger partial charge in [-0.05, 0) is 31.4 Å². The highest BCUT2D eigenvalue weighted by Crippen LogP contribution is 2.23. The number of benzene rings is 1. The minimum Gasteiger partial charge on any atom is -0.393 e. The lowest BCUT2D eigenvalue weighted by Crippen LogP contribution is -2.25. The highest BCUT2D eigenvalue weighted by molar-refractivity contribution is 7.91. The summed E-state index contributed by atoms with van der Waals surface area (Å²) in [6.45, 7) is 0.728. The number of carbonyl (C=O) groups is 1. The maximum Gasteiger partial charge on any atom is 0.280 e. The van der Waals surface area contributed by atoms with Gasteiger partial charge >= 0.3 is 0 Å². The zero-order valence-electron chi connectivity index (χ0n) is 19.1. The Balaban J connectivity index is 1.80. The van der Waals surface area contributed by atoms with Gasteiger partial charge in [0, 0.05) is 39.0 Å². The van der Waals surface area contributed by atoms with E-state index in [-0.39, 0.29) is 22.5 Å². The number of nitrogens with one attached hydrogen (secondary N) is 1. The van der Waals surface area contributed by atoms with E-state index in [0.717, 1.165) is 4.88 Å². The number of ether oxygens (including phenoxy) is 2. The largest absolute Gasteiger partial charge is 0.393 e. The van der Waals surface area contributed by atoms with Crippen LogP contribution >= 0.6 is 11.3 Å². The minimum absolute atomic E-state index is 0.0202. The molecule has 0 unspecified atom stereocenters. The van der Waals surface area contributed by atoms with Crippen molar-refractivity contribution >= 4 is 37.9 Å². The molecule has 1 amide bonds. The van der Waals surface area contributed by atoms with Crippen molar-refractivity contribution in [2.24, 2.45) is 5.16 Å². The van der Waals surface area contributed by atoms with Gasteiger partial charge in [-0.3, -0.25) is 10.1 Å². The van der Waals surface area contributed by atoms with Gasteiger partial charge in [0.1, 0.15) is 6.10 Å². The van der Waals surface area contributed by atoms with Gasteiger partial charge in [0.15, 0.2) is 20.7 Å². The van der Waals surface area contributed by atoms with E-state index in [9.17, 15) is 18.3 Å². The number of oxime groups is 1. The van der Waals surface area contributed by atoms with Crippen molar-refractivity contribution in [3.8, 4) is 0 Å². The first kappa shape index (κ1) is 26.2. The Labute approximate surface area is 202 Å². The molecule has 0 aliphatic heterocycles. The highest BCUT2D eigenvalue weighted by Gasteiger charge is 2.26. The van der Waals surface area contributed by atoms with Crippen molar-refractivity contribution in [2.45, 2.75) is 49.4 Å². The van der Waals surface area contributed by atoms with Crippen LogP contribution in [0.5, 0.6) is 0 Å². The number of thiazole rings is 1. The summed E-state index contributed by atoms with van der Waals surface area (Å²) in [7, 11) is -0.387. The molecule has 0 spiro atoms. The molecule has 1 aliphatic carbocycles. The summed E-state index contributed by atoms with van der Waals surface area (Å²) in [6.07, 6.45) is 2.92. The van der Waals surface area contributed by atoms with Gasteiger partial charge < -0.3 is 19.4 Å². The van der Waals surface area contributed by atoms with E-state index in [2.05, 4.69) is 15.5 Å². The van der Waals surface area contributed by atoms with Crippen LogP contribution in [0.1, 0.15) is 36.1 Å². The van der Waals surface area contributed by atoms with Crippen LogP contribution in [-0.4, -0.2) is 68.9 Å². The Bertz CT molecular complexity index is 1080. The summed E-state index contributed by atoms with van der Waals surface area (Å²) < 4.78 is 35.0. The number of sulfone groups is 1. The lowest BCUT2D eigenvalue weighted by molar-refractivity contribution is -0.110. The number of hydrogen-bond acceptors (Lipinski definition) is 10. The van der Waals surface area contributed by atoms with E-state index in [1.807, 2.05) is 0 Å². The van der Waals surface area contributed by atoms with Crippen molar-refractivity contribution in [1.29, 1.82) is 0 Å². The Morgan fingerprint density at radius 1 is 1.24 bits per heavy atom. The topological polar surface area (TPSA) is 136 Å². The van der Waals surface area contributed by atoms with Gasteiger partial charge in [-0.25, -0.2) is 13.4 Å². The Morgan fingerprint density at radius 2 is 2.00 bits per heavy atom. The second-order valence-electron chi connectivity index (χ2n) is 7.84. The number of rotatable bonds is 12. The molecule has 1 aromatic heterocycles. The van der Waals surface area contributed by atoms with Gasteiger partial charge in [-0.1, -0.05) is 28.6 Å². The van der Waals surface area contributed by atoms with Crippen molar-refractivity contribution in [2.75, 3.05) is 31.9 Å². The molecule has 0 saturated heterocycles. The number of aliphatic hydroxyl groups excluding tert-OH is 1. The molecule has 186 valence electrons. The average molecular weight is 512 g/mol. The van der Waals surface area contributed by atoms with E-state index in [4.69, 9.17) is 14.3 Å². The molecule has 1 aliphatic rings. The first-order valence-corrected chi connectivity index (χ1v) is 13.3. The summed E-state index contributed by atoms with van der Waals surface area (Å²) in [5.41, 5.74) is 0.369. The summed E-state index contributed by atoms with van der Waals surface area (Å²) in [5, 5.41) is 16.9. The second kappa shape index (κ2) is 12.4. The predicted molar refractivity (Wildman–Crippen MR) is 128 cm³/mol. The number of carbonyl (C=O) groups excluding carboxylic acids is 1. The van der Waals surface area contributed by atoms with Crippen LogP contribution in [0.3, 0.4) is 0 Å².